The van der Waals surface area contributed by atoms with Crippen molar-refractivity contribution >= 4 is 17.8 Å². The zero-order chi connectivity index (χ0) is 12.1. The Morgan fingerprint density at radius 1 is 1.44 bits per heavy atom. The molecule has 0 fully saturated rings. The fraction of sp³-hybridized carbons (Fsp3) is 0.250. The van der Waals surface area contributed by atoms with Gasteiger partial charge in [-0.2, -0.15) is 0 Å². The number of hydrogen-bond donors (Lipinski definition) is 4. The van der Waals surface area contributed by atoms with E-state index in [1.807, 2.05) is 0 Å². The third-order valence-electron chi connectivity index (χ3n) is 1.73. The molecule has 1 aromatic rings. The minimum Gasteiger partial charge on any atom is -0.481 e. The summed E-state index contributed by atoms with van der Waals surface area (Å²) >= 11 is 0. The number of carboxylic acid groups (broad SMARTS) is 2. The van der Waals surface area contributed by atoms with Crippen molar-refractivity contribution in [2.45, 2.75) is 12.5 Å². The summed E-state index contributed by atoms with van der Waals surface area (Å²) in [6, 6.07) is -1.46. The van der Waals surface area contributed by atoms with Crippen LogP contribution in [0.1, 0.15) is 16.9 Å². The molecule has 8 heteroatoms. The summed E-state index contributed by atoms with van der Waals surface area (Å²) in [4.78, 5) is 38.4. The lowest BCUT2D eigenvalue weighted by Gasteiger charge is -2.10. The van der Waals surface area contributed by atoms with Gasteiger partial charge >= 0.3 is 11.9 Å². The first kappa shape index (κ1) is 11.7. The van der Waals surface area contributed by atoms with Crippen LogP contribution in [0.4, 0.5) is 0 Å². The number of carboxylic acids is 2. The molecule has 0 aromatic carbocycles. The van der Waals surface area contributed by atoms with Gasteiger partial charge in [-0.25, -0.2) is 9.78 Å². The van der Waals surface area contributed by atoms with Crippen molar-refractivity contribution in [1.82, 2.24) is 15.3 Å². The van der Waals surface area contributed by atoms with E-state index in [9.17, 15) is 14.4 Å². The van der Waals surface area contributed by atoms with Gasteiger partial charge in [0, 0.05) is 0 Å². The summed E-state index contributed by atoms with van der Waals surface area (Å²) in [6.45, 7) is 0. The monoisotopic (exact) mass is 227 g/mol. The Balaban J connectivity index is 2.65. The second-order valence-electron chi connectivity index (χ2n) is 2.93. The number of aliphatic carboxylic acids is 2. The molecule has 0 bridgehead atoms. The largest absolute Gasteiger partial charge is 0.481 e. The summed E-state index contributed by atoms with van der Waals surface area (Å²) in [6.07, 6.45) is 1.77. The quantitative estimate of drug-likeness (QED) is 0.513. The predicted octanol–water partition coefficient (Wildman–Crippen LogP) is -0.933. The third-order valence-corrected chi connectivity index (χ3v) is 1.73. The summed E-state index contributed by atoms with van der Waals surface area (Å²) in [7, 11) is 0. The van der Waals surface area contributed by atoms with Crippen LogP contribution in [0.5, 0.6) is 0 Å². The molecule has 0 radical (unpaired) electrons. The van der Waals surface area contributed by atoms with E-state index in [-0.39, 0.29) is 5.69 Å². The number of imidazole rings is 1. The number of H-pyrrole nitrogens is 1. The van der Waals surface area contributed by atoms with E-state index < -0.39 is 30.3 Å². The van der Waals surface area contributed by atoms with Crippen LogP contribution in [0.15, 0.2) is 12.5 Å². The summed E-state index contributed by atoms with van der Waals surface area (Å²) in [5, 5.41) is 19.2. The molecule has 1 aromatic heterocycles. The minimum absolute atomic E-state index is 0.0663. The van der Waals surface area contributed by atoms with E-state index in [0.29, 0.717) is 0 Å². The van der Waals surface area contributed by atoms with Gasteiger partial charge in [-0.05, 0) is 0 Å². The highest BCUT2D eigenvalue weighted by atomic mass is 16.4. The third kappa shape index (κ3) is 3.08. The Morgan fingerprint density at radius 3 is 2.56 bits per heavy atom. The lowest BCUT2D eigenvalue weighted by molar-refractivity contribution is -0.145. The van der Waals surface area contributed by atoms with Crippen molar-refractivity contribution in [3.05, 3.63) is 18.2 Å². The van der Waals surface area contributed by atoms with Crippen LogP contribution in [0.3, 0.4) is 0 Å². The first-order valence-corrected chi connectivity index (χ1v) is 4.24. The predicted molar refractivity (Wildman–Crippen MR) is 49.7 cm³/mol. The van der Waals surface area contributed by atoms with Gasteiger partial charge in [-0.15, -0.1) is 0 Å². The highest BCUT2D eigenvalue weighted by Gasteiger charge is 2.23. The number of aromatic amines is 1. The fourth-order valence-corrected chi connectivity index (χ4v) is 0.991. The number of carbonyl (C=O) groups is 3. The molecule has 0 saturated heterocycles. The lowest BCUT2D eigenvalue weighted by atomic mass is 10.2. The molecule has 1 rings (SSSR count). The molecule has 1 atom stereocenters. The van der Waals surface area contributed by atoms with Gasteiger partial charge in [0.15, 0.2) is 0 Å². The zero-order valence-electron chi connectivity index (χ0n) is 8.01. The number of hydrogen-bond acceptors (Lipinski definition) is 4. The topological polar surface area (TPSA) is 132 Å². The molecular weight excluding hydrogens is 218 g/mol. The van der Waals surface area contributed by atoms with Crippen molar-refractivity contribution in [3.8, 4) is 0 Å². The molecule has 0 aliphatic carbocycles. The zero-order valence-corrected chi connectivity index (χ0v) is 8.01. The van der Waals surface area contributed by atoms with E-state index >= 15 is 0 Å². The van der Waals surface area contributed by atoms with Gasteiger partial charge in [0.2, 0.25) is 0 Å². The average Bonchev–Trinajstić information content (AvgIpc) is 2.68. The molecular formula is C8H9N3O5. The van der Waals surface area contributed by atoms with Crippen molar-refractivity contribution in [2.75, 3.05) is 0 Å². The average molecular weight is 227 g/mol. The van der Waals surface area contributed by atoms with E-state index in [1.165, 1.54) is 12.5 Å². The molecule has 0 aliphatic heterocycles. The second-order valence-corrected chi connectivity index (χ2v) is 2.93. The number of nitrogens with zero attached hydrogens (tertiary/aromatic N) is 1. The van der Waals surface area contributed by atoms with Gasteiger partial charge < -0.3 is 20.5 Å². The smallest absolute Gasteiger partial charge is 0.326 e. The second kappa shape index (κ2) is 4.91. The number of nitrogens with one attached hydrogen (secondary N) is 2. The van der Waals surface area contributed by atoms with E-state index in [0.717, 1.165) is 0 Å². The van der Waals surface area contributed by atoms with Gasteiger partial charge in [0.05, 0.1) is 18.9 Å². The van der Waals surface area contributed by atoms with Crippen LogP contribution in [-0.4, -0.2) is 44.1 Å². The molecule has 0 aliphatic rings. The SMILES string of the molecule is O=C(O)CC(NC(=O)c1cnc[nH]1)C(=O)O. The van der Waals surface area contributed by atoms with Crippen molar-refractivity contribution in [3.63, 3.8) is 0 Å². The fourth-order valence-electron chi connectivity index (χ4n) is 0.991. The molecule has 1 heterocycles. The van der Waals surface area contributed by atoms with E-state index in [1.54, 1.807) is 0 Å². The molecule has 8 nitrogen and oxygen atoms in total. The summed E-state index contributed by atoms with van der Waals surface area (Å²) in [5.74, 6) is -3.43. The Kier molecular flexibility index (Phi) is 3.59. The molecule has 86 valence electrons. The first-order chi connectivity index (χ1) is 7.50. The molecule has 0 spiro atoms. The van der Waals surface area contributed by atoms with Gasteiger partial charge in [0.1, 0.15) is 11.7 Å². The molecule has 16 heavy (non-hydrogen) atoms. The molecule has 4 N–H and O–H groups in total. The van der Waals surface area contributed by atoms with E-state index in [2.05, 4.69) is 15.3 Å². The maximum Gasteiger partial charge on any atom is 0.326 e. The maximum atomic E-state index is 11.4. The maximum absolute atomic E-state index is 11.4. The highest BCUT2D eigenvalue weighted by molar-refractivity contribution is 5.95. The van der Waals surface area contributed by atoms with Crippen LogP contribution in [0.25, 0.3) is 0 Å². The summed E-state index contributed by atoms with van der Waals surface area (Å²) < 4.78 is 0. The number of carbonyl (C=O) groups excluding carboxylic acids is 1. The number of aromatic nitrogens is 2. The Morgan fingerprint density at radius 2 is 2.12 bits per heavy atom. The van der Waals surface area contributed by atoms with Crippen LogP contribution in [-0.2, 0) is 9.59 Å². The Bertz CT molecular complexity index is 400. The highest BCUT2D eigenvalue weighted by Crippen LogP contribution is 1.97. The number of rotatable bonds is 5. The van der Waals surface area contributed by atoms with E-state index in [4.69, 9.17) is 10.2 Å². The van der Waals surface area contributed by atoms with Crippen molar-refractivity contribution in [2.24, 2.45) is 0 Å². The number of amides is 1. The van der Waals surface area contributed by atoms with Crippen LogP contribution >= 0.6 is 0 Å². The Hall–Kier alpha value is -2.38. The standard InChI is InChI=1S/C8H9N3O5/c12-6(13)1-4(8(15)16)11-7(14)5-2-9-3-10-5/h2-4H,1H2,(H,9,10)(H,11,14)(H,12,13)(H,15,16). The van der Waals surface area contributed by atoms with Crippen LogP contribution in [0.2, 0.25) is 0 Å². The first-order valence-electron chi connectivity index (χ1n) is 4.24. The Labute approximate surface area is 89.3 Å². The van der Waals surface area contributed by atoms with Crippen molar-refractivity contribution < 1.29 is 24.6 Å². The molecule has 1 unspecified atom stereocenters. The van der Waals surface area contributed by atoms with Gasteiger partial charge in [0.25, 0.3) is 5.91 Å². The lowest BCUT2D eigenvalue weighted by Crippen LogP contribution is -2.42. The van der Waals surface area contributed by atoms with Crippen molar-refractivity contribution in [1.29, 1.82) is 0 Å². The van der Waals surface area contributed by atoms with Crippen LogP contribution in [0, 0.1) is 0 Å². The normalized spacial score (nSPS) is 11.8. The summed E-state index contributed by atoms with van der Waals surface area (Å²) in [5.41, 5.74) is 0.0663. The van der Waals surface area contributed by atoms with Gasteiger partial charge in [-0.3, -0.25) is 9.59 Å². The van der Waals surface area contributed by atoms with Gasteiger partial charge in [-0.1, -0.05) is 0 Å². The van der Waals surface area contributed by atoms with Crippen LogP contribution < -0.4 is 5.32 Å². The molecule has 1 amide bonds. The molecule has 0 saturated carbocycles. The minimum atomic E-state index is -1.46.